The summed E-state index contributed by atoms with van der Waals surface area (Å²) in [6.07, 6.45) is 1.35. The van der Waals surface area contributed by atoms with Gasteiger partial charge in [-0.25, -0.2) is 0 Å². The fourth-order valence-corrected chi connectivity index (χ4v) is 1.62. The van der Waals surface area contributed by atoms with Gasteiger partial charge in [-0.05, 0) is 31.0 Å². The summed E-state index contributed by atoms with van der Waals surface area (Å²) in [7, 11) is 0. The van der Waals surface area contributed by atoms with E-state index in [2.05, 4.69) is 5.32 Å². The molecule has 0 atom stereocenters. The first-order valence-corrected chi connectivity index (χ1v) is 5.50. The molecule has 18 heavy (non-hydrogen) atoms. The highest BCUT2D eigenvalue weighted by Crippen LogP contribution is 2.33. The highest BCUT2D eigenvalue weighted by molar-refractivity contribution is 6.34. The number of anilines is 1. The van der Waals surface area contributed by atoms with Crippen LogP contribution in [-0.2, 0) is 4.79 Å². The number of primary amides is 1. The van der Waals surface area contributed by atoms with E-state index in [1.807, 2.05) is 0 Å². The number of nitrogens with two attached hydrogens (primary N) is 2. The van der Waals surface area contributed by atoms with E-state index in [0.717, 1.165) is 0 Å². The molecule has 2 amide bonds. The number of amides is 2. The molecule has 5 N–H and O–H groups in total. The average Bonchev–Trinajstić information content (AvgIpc) is 3.00. The molecule has 1 fully saturated rings. The molecule has 98 valence electrons. The minimum Gasteiger partial charge on any atom is -0.366 e. The Balaban J connectivity index is 0.00000162. The zero-order chi connectivity index (χ0) is 12.6. The fourth-order valence-electron chi connectivity index (χ4n) is 1.41. The highest BCUT2D eigenvalue weighted by Gasteiger charge is 2.45. The smallest absolute Gasteiger partial charge is 0.250 e. The number of benzene rings is 1. The van der Waals surface area contributed by atoms with Gasteiger partial charge in [0.05, 0.1) is 16.1 Å². The van der Waals surface area contributed by atoms with Crippen LogP contribution in [0.15, 0.2) is 18.2 Å². The zero-order valence-corrected chi connectivity index (χ0v) is 11.0. The Morgan fingerprint density at radius 1 is 1.33 bits per heavy atom. The molecule has 0 bridgehead atoms. The van der Waals surface area contributed by atoms with Gasteiger partial charge in [0.1, 0.15) is 0 Å². The van der Waals surface area contributed by atoms with Gasteiger partial charge in [-0.2, -0.15) is 0 Å². The van der Waals surface area contributed by atoms with Crippen molar-refractivity contribution >= 4 is 41.5 Å². The topological polar surface area (TPSA) is 98.2 Å². The van der Waals surface area contributed by atoms with Gasteiger partial charge in [0.2, 0.25) is 11.8 Å². The van der Waals surface area contributed by atoms with Crippen LogP contribution in [0.1, 0.15) is 23.2 Å². The van der Waals surface area contributed by atoms with Crippen LogP contribution in [-0.4, -0.2) is 17.4 Å². The molecule has 1 aromatic rings. The molecule has 0 heterocycles. The summed E-state index contributed by atoms with van der Waals surface area (Å²) in [6.45, 7) is 0. The lowest BCUT2D eigenvalue weighted by atomic mass is 10.1. The van der Waals surface area contributed by atoms with E-state index in [1.165, 1.54) is 12.1 Å². The Bertz CT molecular complexity index is 501. The van der Waals surface area contributed by atoms with E-state index in [1.54, 1.807) is 6.07 Å². The van der Waals surface area contributed by atoms with Gasteiger partial charge in [-0.3, -0.25) is 9.59 Å². The van der Waals surface area contributed by atoms with Crippen molar-refractivity contribution in [2.75, 3.05) is 5.32 Å². The van der Waals surface area contributed by atoms with Gasteiger partial charge < -0.3 is 16.8 Å². The Morgan fingerprint density at radius 3 is 2.44 bits per heavy atom. The Hall–Kier alpha value is -1.30. The number of nitrogens with one attached hydrogen (secondary N) is 1. The molecular formula is C11H13Cl2N3O2. The third-order valence-electron chi connectivity index (χ3n) is 2.73. The summed E-state index contributed by atoms with van der Waals surface area (Å²) < 4.78 is 0. The lowest BCUT2D eigenvalue weighted by Crippen LogP contribution is -2.37. The molecule has 0 aromatic heterocycles. The van der Waals surface area contributed by atoms with Gasteiger partial charge in [0, 0.05) is 5.69 Å². The number of carbonyl (C=O) groups is 2. The summed E-state index contributed by atoms with van der Waals surface area (Å²) in [6, 6.07) is 4.54. The van der Waals surface area contributed by atoms with Crippen molar-refractivity contribution in [3.8, 4) is 0 Å². The molecule has 0 unspecified atom stereocenters. The maximum absolute atomic E-state index is 11.7. The molecule has 1 aliphatic carbocycles. The lowest BCUT2D eigenvalue weighted by molar-refractivity contribution is -0.118. The van der Waals surface area contributed by atoms with Gasteiger partial charge in [0.25, 0.3) is 0 Å². The minimum absolute atomic E-state index is 0. The normalized spacial score (nSPS) is 15.4. The molecule has 0 radical (unpaired) electrons. The van der Waals surface area contributed by atoms with Crippen LogP contribution in [0, 0.1) is 0 Å². The van der Waals surface area contributed by atoms with Crippen LogP contribution >= 0.6 is 24.0 Å². The molecule has 5 nitrogen and oxygen atoms in total. The second kappa shape index (κ2) is 5.14. The zero-order valence-electron chi connectivity index (χ0n) is 9.40. The van der Waals surface area contributed by atoms with Crippen LogP contribution in [0.2, 0.25) is 5.02 Å². The lowest BCUT2D eigenvalue weighted by Gasteiger charge is -2.11. The quantitative estimate of drug-likeness (QED) is 0.782. The number of hydrogen-bond acceptors (Lipinski definition) is 3. The molecule has 7 heteroatoms. The SMILES string of the molecule is Cl.NC(=O)c1cc(NC(=O)C2(N)CC2)ccc1Cl. The summed E-state index contributed by atoms with van der Waals surface area (Å²) in [5.41, 5.74) is 10.8. The van der Waals surface area contributed by atoms with E-state index in [9.17, 15) is 9.59 Å². The van der Waals surface area contributed by atoms with Gasteiger partial charge in [-0.1, -0.05) is 11.6 Å². The largest absolute Gasteiger partial charge is 0.366 e. The van der Waals surface area contributed by atoms with Crippen LogP contribution in [0.25, 0.3) is 0 Å². The molecule has 2 rings (SSSR count). The summed E-state index contributed by atoms with van der Waals surface area (Å²) >= 11 is 5.79. The first kappa shape index (κ1) is 14.8. The molecule has 1 aromatic carbocycles. The van der Waals surface area contributed by atoms with Crippen LogP contribution in [0.5, 0.6) is 0 Å². The average molecular weight is 290 g/mol. The molecule has 0 aliphatic heterocycles. The minimum atomic E-state index is -0.757. The Kier molecular flexibility index (Phi) is 4.21. The van der Waals surface area contributed by atoms with E-state index >= 15 is 0 Å². The maximum atomic E-state index is 11.7. The van der Waals surface area contributed by atoms with E-state index in [4.69, 9.17) is 23.1 Å². The van der Waals surface area contributed by atoms with Crippen molar-refractivity contribution in [2.24, 2.45) is 11.5 Å². The summed E-state index contributed by atoms with van der Waals surface area (Å²) in [5, 5.41) is 2.89. The van der Waals surface area contributed by atoms with Crippen molar-refractivity contribution in [3.05, 3.63) is 28.8 Å². The van der Waals surface area contributed by atoms with Crippen molar-refractivity contribution in [2.45, 2.75) is 18.4 Å². The summed E-state index contributed by atoms with van der Waals surface area (Å²) in [5.74, 6) is -0.893. The van der Waals surface area contributed by atoms with Crippen LogP contribution < -0.4 is 16.8 Å². The predicted octanol–water partition coefficient (Wildman–Crippen LogP) is 1.29. The first-order chi connectivity index (χ1) is 7.92. The molecule has 0 saturated heterocycles. The molecule has 1 aliphatic rings. The summed E-state index contributed by atoms with van der Waals surface area (Å²) in [4.78, 5) is 22.7. The van der Waals surface area contributed by atoms with Crippen molar-refractivity contribution < 1.29 is 9.59 Å². The third-order valence-corrected chi connectivity index (χ3v) is 3.06. The van der Waals surface area contributed by atoms with Crippen molar-refractivity contribution in [1.29, 1.82) is 0 Å². The number of hydrogen-bond donors (Lipinski definition) is 3. The first-order valence-electron chi connectivity index (χ1n) is 5.12. The molecule has 1 saturated carbocycles. The van der Waals surface area contributed by atoms with Gasteiger partial charge in [0.15, 0.2) is 0 Å². The standard InChI is InChI=1S/C11H12ClN3O2.ClH/c12-8-2-1-6(5-7(8)9(13)16)15-10(17)11(14)3-4-11;/h1-2,5H,3-4,14H2,(H2,13,16)(H,15,17);1H. The van der Waals surface area contributed by atoms with Gasteiger partial charge in [-0.15, -0.1) is 12.4 Å². The number of rotatable bonds is 3. The van der Waals surface area contributed by atoms with E-state index in [0.29, 0.717) is 18.5 Å². The second-order valence-corrected chi connectivity index (χ2v) is 4.58. The van der Waals surface area contributed by atoms with E-state index in [-0.39, 0.29) is 28.9 Å². The number of halogens is 2. The third kappa shape index (κ3) is 2.93. The predicted molar refractivity (Wildman–Crippen MR) is 72.0 cm³/mol. The number of carbonyl (C=O) groups excluding carboxylic acids is 2. The Labute approximate surface area is 115 Å². The maximum Gasteiger partial charge on any atom is 0.250 e. The van der Waals surface area contributed by atoms with Gasteiger partial charge >= 0.3 is 0 Å². The Morgan fingerprint density at radius 2 is 1.94 bits per heavy atom. The second-order valence-electron chi connectivity index (χ2n) is 4.17. The van der Waals surface area contributed by atoms with Crippen LogP contribution in [0.4, 0.5) is 5.69 Å². The highest BCUT2D eigenvalue weighted by atomic mass is 35.5. The molecule has 0 spiro atoms. The van der Waals surface area contributed by atoms with Crippen molar-refractivity contribution in [1.82, 2.24) is 0 Å². The van der Waals surface area contributed by atoms with Crippen molar-refractivity contribution in [3.63, 3.8) is 0 Å². The molecular weight excluding hydrogens is 277 g/mol. The monoisotopic (exact) mass is 289 g/mol. The fraction of sp³-hybridized carbons (Fsp3) is 0.273. The van der Waals surface area contributed by atoms with Crippen LogP contribution in [0.3, 0.4) is 0 Å². The van der Waals surface area contributed by atoms with E-state index < -0.39 is 11.4 Å².